The number of nitrogens with zero attached hydrogens (tertiary/aromatic N) is 5. The largest absolute Gasteiger partial charge is 0.480 e. The number of aliphatic carboxylic acids is 1. The van der Waals surface area contributed by atoms with Gasteiger partial charge in [-0.1, -0.05) is 23.7 Å². The number of carbonyl (C=O) groups is 1. The number of ether oxygens (including phenoxy) is 1. The number of carboxylic acids is 1. The molecule has 0 saturated carbocycles. The first-order chi connectivity index (χ1) is 18.4. The van der Waals surface area contributed by atoms with Crippen LogP contribution in [-0.4, -0.2) is 62.7 Å². The zero-order chi connectivity index (χ0) is 27.9. The fraction of sp³-hybridized carbons (Fsp3) is 0.440. The molecule has 1 spiro atoms. The first-order valence-corrected chi connectivity index (χ1v) is 12.7. The van der Waals surface area contributed by atoms with Crippen molar-refractivity contribution in [3.8, 4) is 11.6 Å². The number of rotatable bonds is 6. The molecular weight excluding hydrogens is 539 g/mol. The second-order valence-corrected chi connectivity index (χ2v) is 10.4. The van der Waals surface area contributed by atoms with Crippen LogP contribution < -0.4 is 20.7 Å². The van der Waals surface area contributed by atoms with E-state index in [0.717, 1.165) is 0 Å². The highest BCUT2D eigenvalue weighted by molar-refractivity contribution is 6.32. The molecule has 4 N–H and O–H groups in total. The minimum Gasteiger partial charge on any atom is -0.480 e. The van der Waals surface area contributed by atoms with E-state index in [9.17, 15) is 23.1 Å². The molecule has 208 valence electrons. The number of benzene rings is 1. The van der Waals surface area contributed by atoms with Gasteiger partial charge in [0, 0.05) is 37.5 Å². The average molecular weight is 566 g/mol. The Balaban J connectivity index is 1.41. The third kappa shape index (κ3) is 5.59. The Labute approximate surface area is 226 Å². The molecule has 4 heterocycles. The number of halogens is 4. The average Bonchev–Trinajstić information content (AvgIpc) is 3.48. The number of carboxylic acid groups (broad SMARTS) is 1. The summed E-state index contributed by atoms with van der Waals surface area (Å²) in [5, 5.41) is 16.7. The zero-order valence-electron chi connectivity index (χ0n) is 21.0. The van der Waals surface area contributed by atoms with Gasteiger partial charge in [-0.3, -0.25) is 4.79 Å². The van der Waals surface area contributed by atoms with E-state index in [4.69, 9.17) is 22.1 Å². The predicted molar refractivity (Wildman–Crippen MR) is 137 cm³/mol. The Morgan fingerprint density at radius 3 is 2.64 bits per heavy atom. The van der Waals surface area contributed by atoms with Crippen LogP contribution in [-0.2, 0) is 4.79 Å². The molecule has 2 fully saturated rings. The molecule has 2 aliphatic rings. The highest BCUT2D eigenvalue weighted by atomic mass is 35.5. The molecule has 0 unspecified atom stereocenters. The molecule has 39 heavy (non-hydrogen) atoms. The Bertz CT molecular complexity index is 1380. The molecule has 2 aliphatic heterocycles. The summed E-state index contributed by atoms with van der Waals surface area (Å²) in [5.41, 5.74) is 6.15. The van der Waals surface area contributed by atoms with Crippen LogP contribution in [0.3, 0.4) is 0 Å². The number of para-hydroxylation sites is 1. The van der Waals surface area contributed by atoms with Crippen LogP contribution >= 0.6 is 11.6 Å². The number of piperidine rings is 1. The fourth-order valence-electron chi connectivity index (χ4n) is 5.29. The van der Waals surface area contributed by atoms with E-state index in [1.807, 2.05) is 4.90 Å². The summed E-state index contributed by atoms with van der Waals surface area (Å²) in [6.45, 7) is 3.38. The van der Waals surface area contributed by atoms with Crippen molar-refractivity contribution in [2.24, 2.45) is 5.41 Å². The minimum absolute atomic E-state index is 0.0445. The topological polar surface area (TPSA) is 131 Å². The van der Waals surface area contributed by atoms with E-state index in [0.29, 0.717) is 50.4 Å². The van der Waals surface area contributed by atoms with Crippen LogP contribution in [0, 0.1) is 12.3 Å². The number of anilines is 2. The van der Waals surface area contributed by atoms with E-state index >= 15 is 0 Å². The molecule has 0 aliphatic carbocycles. The second kappa shape index (κ2) is 10.2. The Morgan fingerprint density at radius 1 is 1.28 bits per heavy atom. The van der Waals surface area contributed by atoms with E-state index in [1.165, 1.54) is 35.1 Å². The third-order valence-electron chi connectivity index (χ3n) is 7.30. The molecule has 0 radical (unpaired) electrons. The van der Waals surface area contributed by atoms with Crippen LogP contribution in [0.25, 0.3) is 5.69 Å². The van der Waals surface area contributed by atoms with Crippen molar-refractivity contribution in [2.75, 3.05) is 30.3 Å². The maximum absolute atomic E-state index is 14.4. The summed E-state index contributed by atoms with van der Waals surface area (Å²) in [6, 6.07) is 6.59. The van der Waals surface area contributed by atoms with Gasteiger partial charge in [-0.05, 0) is 43.7 Å². The van der Waals surface area contributed by atoms with Gasteiger partial charge in [0.2, 0.25) is 17.9 Å². The monoisotopic (exact) mass is 565 g/mol. The van der Waals surface area contributed by atoms with Gasteiger partial charge in [-0.15, -0.1) is 0 Å². The lowest BCUT2D eigenvalue weighted by Crippen LogP contribution is -2.41. The van der Waals surface area contributed by atoms with Gasteiger partial charge < -0.3 is 25.8 Å². The fourth-order valence-corrected chi connectivity index (χ4v) is 5.56. The number of aryl methyl sites for hydroxylation is 1. The van der Waals surface area contributed by atoms with Crippen LogP contribution in [0.4, 0.5) is 24.9 Å². The summed E-state index contributed by atoms with van der Waals surface area (Å²) in [5.74, 6) is -1.10. The Morgan fingerprint density at radius 2 is 2.03 bits per heavy atom. The van der Waals surface area contributed by atoms with Gasteiger partial charge in [0.15, 0.2) is 0 Å². The van der Waals surface area contributed by atoms with Crippen LogP contribution in [0.15, 0.2) is 36.5 Å². The first kappa shape index (κ1) is 27.0. The van der Waals surface area contributed by atoms with E-state index in [1.54, 1.807) is 13.0 Å². The standard InChI is InChI=1S/C25H27ClF3N7O3/c1-14-5-8-36(34-14)20-15(3-2-4-16(20)26)21(25(27,28)29)39-19-11-18(32-23(30)33-19)35-9-6-24(7-10-35)12-17(22(37)38)31-13-24/h2-5,8,11,17,21,31H,6-7,9-10,12-13H2,1H3,(H,37,38)(H2,30,32,33)/t17-,21+/m0/s1. The minimum atomic E-state index is -4.82. The smallest absolute Gasteiger partial charge is 0.429 e. The number of nitrogens with one attached hydrogen (secondary N) is 1. The zero-order valence-corrected chi connectivity index (χ0v) is 21.7. The maximum atomic E-state index is 14.4. The maximum Gasteiger partial charge on any atom is 0.429 e. The normalized spacial score (nSPS) is 19.8. The van der Waals surface area contributed by atoms with Gasteiger partial charge in [-0.25, -0.2) is 4.68 Å². The van der Waals surface area contributed by atoms with Crippen molar-refractivity contribution in [1.82, 2.24) is 25.1 Å². The van der Waals surface area contributed by atoms with Crippen molar-refractivity contribution in [2.45, 2.75) is 44.5 Å². The van der Waals surface area contributed by atoms with Gasteiger partial charge in [-0.2, -0.15) is 28.2 Å². The van der Waals surface area contributed by atoms with Crippen LogP contribution in [0.2, 0.25) is 5.02 Å². The number of alkyl halides is 3. The summed E-state index contributed by atoms with van der Waals surface area (Å²) >= 11 is 6.33. The van der Waals surface area contributed by atoms with Crippen LogP contribution in [0.1, 0.15) is 36.6 Å². The van der Waals surface area contributed by atoms with E-state index in [2.05, 4.69) is 20.4 Å². The molecular formula is C25H27ClF3N7O3. The highest BCUT2D eigenvalue weighted by Gasteiger charge is 2.46. The van der Waals surface area contributed by atoms with Crippen molar-refractivity contribution >= 4 is 29.3 Å². The van der Waals surface area contributed by atoms with Crippen molar-refractivity contribution in [3.63, 3.8) is 0 Å². The van der Waals surface area contributed by atoms with E-state index < -0.39 is 24.3 Å². The summed E-state index contributed by atoms with van der Waals surface area (Å²) < 4.78 is 50.0. The van der Waals surface area contributed by atoms with Crippen molar-refractivity contribution in [1.29, 1.82) is 0 Å². The molecule has 10 nitrogen and oxygen atoms in total. The van der Waals surface area contributed by atoms with Gasteiger partial charge in [0.25, 0.3) is 0 Å². The van der Waals surface area contributed by atoms with Gasteiger partial charge in [0.05, 0.1) is 16.4 Å². The number of aromatic nitrogens is 4. The summed E-state index contributed by atoms with van der Waals surface area (Å²) in [7, 11) is 0. The van der Waals surface area contributed by atoms with Crippen molar-refractivity contribution in [3.05, 3.63) is 52.8 Å². The van der Waals surface area contributed by atoms with Crippen LogP contribution in [0.5, 0.6) is 5.88 Å². The summed E-state index contributed by atoms with van der Waals surface area (Å²) in [4.78, 5) is 21.4. The Kier molecular flexibility index (Phi) is 7.06. The predicted octanol–water partition coefficient (Wildman–Crippen LogP) is 3.92. The molecule has 14 heteroatoms. The number of hydrogen-bond donors (Lipinski definition) is 3. The lowest BCUT2D eigenvalue weighted by molar-refractivity contribution is -0.198. The second-order valence-electron chi connectivity index (χ2n) is 10.0. The SMILES string of the molecule is Cc1ccn(-c2c(Cl)cccc2[C@@H](Oc2cc(N3CCC4(CC3)CN[C@H](C(=O)O)C4)nc(N)n2)C(F)(F)F)n1. The molecule has 5 rings (SSSR count). The number of hydrogen-bond acceptors (Lipinski definition) is 8. The molecule has 3 aromatic rings. The third-order valence-corrected chi connectivity index (χ3v) is 7.61. The quantitative estimate of drug-likeness (QED) is 0.407. The molecule has 0 amide bonds. The highest BCUT2D eigenvalue weighted by Crippen LogP contribution is 2.43. The van der Waals surface area contributed by atoms with E-state index in [-0.39, 0.29) is 33.5 Å². The first-order valence-electron chi connectivity index (χ1n) is 12.3. The molecule has 1 aromatic carbocycles. The molecule has 2 saturated heterocycles. The Hall–Kier alpha value is -3.58. The number of nitrogens with two attached hydrogens (primary N) is 1. The van der Waals surface area contributed by atoms with Crippen molar-refractivity contribution < 1.29 is 27.8 Å². The lowest BCUT2D eigenvalue weighted by Gasteiger charge is -2.39. The van der Waals surface area contributed by atoms with Gasteiger partial charge in [0.1, 0.15) is 11.9 Å². The summed E-state index contributed by atoms with van der Waals surface area (Å²) in [6.07, 6.45) is -3.79. The number of nitrogen functional groups attached to an aromatic ring is 1. The molecule has 2 aromatic heterocycles. The lowest BCUT2D eigenvalue weighted by atomic mass is 9.76. The molecule has 2 atom stereocenters. The van der Waals surface area contributed by atoms with Gasteiger partial charge >= 0.3 is 12.1 Å². The molecule has 0 bridgehead atoms.